The predicted molar refractivity (Wildman–Crippen MR) is 98.8 cm³/mol. The maximum absolute atomic E-state index is 15.0. The van der Waals surface area contributed by atoms with Crippen LogP contribution in [0.2, 0.25) is 0 Å². The van der Waals surface area contributed by atoms with E-state index in [4.69, 9.17) is 4.74 Å². The fraction of sp³-hybridized carbons (Fsp3) is 0.318. The monoisotopic (exact) mass is 367 g/mol. The first-order valence-corrected chi connectivity index (χ1v) is 9.36. The third kappa shape index (κ3) is 2.69. The predicted octanol–water partition coefficient (Wildman–Crippen LogP) is 5.48. The Balaban J connectivity index is 1.68. The Bertz CT molecular complexity index is 1060. The molecule has 27 heavy (non-hydrogen) atoms. The largest absolute Gasteiger partial charge is 0.369 e. The van der Waals surface area contributed by atoms with E-state index in [-0.39, 0.29) is 24.8 Å². The first-order chi connectivity index (χ1) is 13.1. The van der Waals surface area contributed by atoms with Crippen molar-refractivity contribution in [2.45, 2.75) is 38.2 Å². The normalized spacial score (nSPS) is 17.6. The van der Waals surface area contributed by atoms with Crippen molar-refractivity contribution in [3.8, 4) is 11.3 Å². The fourth-order valence-corrected chi connectivity index (χ4v) is 4.53. The SMILES string of the molecule is O=C1COCc2c(-c3ccc(C4CCCC4)cc3F)[nH]c3cc(F)cc1c23. The van der Waals surface area contributed by atoms with Gasteiger partial charge in [-0.25, -0.2) is 8.78 Å². The Morgan fingerprint density at radius 3 is 2.59 bits per heavy atom. The van der Waals surface area contributed by atoms with Gasteiger partial charge in [-0.1, -0.05) is 18.9 Å². The third-order valence-corrected chi connectivity index (χ3v) is 5.84. The van der Waals surface area contributed by atoms with Crippen LogP contribution in [-0.4, -0.2) is 17.4 Å². The van der Waals surface area contributed by atoms with E-state index in [1.807, 2.05) is 6.07 Å². The van der Waals surface area contributed by atoms with Crippen LogP contribution in [-0.2, 0) is 11.3 Å². The van der Waals surface area contributed by atoms with Crippen LogP contribution in [0.1, 0.15) is 53.1 Å². The summed E-state index contributed by atoms with van der Waals surface area (Å²) in [7, 11) is 0. The summed E-state index contributed by atoms with van der Waals surface area (Å²) in [6.45, 7) is 0.0826. The number of aromatic nitrogens is 1. The highest BCUT2D eigenvalue weighted by Crippen LogP contribution is 2.39. The van der Waals surface area contributed by atoms with Crippen LogP contribution in [0, 0.1) is 11.6 Å². The van der Waals surface area contributed by atoms with Crippen LogP contribution < -0.4 is 0 Å². The van der Waals surface area contributed by atoms with Gasteiger partial charge in [0.15, 0.2) is 5.78 Å². The van der Waals surface area contributed by atoms with Crippen molar-refractivity contribution < 1.29 is 18.3 Å². The minimum absolute atomic E-state index is 0.101. The Morgan fingerprint density at radius 2 is 1.81 bits per heavy atom. The highest BCUT2D eigenvalue weighted by molar-refractivity contribution is 6.11. The number of carbonyl (C=O) groups is 1. The van der Waals surface area contributed by atoms with Crippen molar-refractivity contribution in [2.75, 3.05) is 6.61 Å². The second-order valence-electron chi connectivity index (χ2n) is 7.49. The summed E-state index contributed by atoms with van der Waals surface area (Å²) in [5.74, 6) is -0.635. The Hall–Kier alpha value is -2.53. The summed E-state index contributed by atoms with van der Waals surface area (Å²) in [5.41, 5.74) is 3.51. The molecule has 5 rings (SSSR count). The summed E-state index contributed by atoms with van der Waals surface area (Å²) >= 11 is 0. The van der Waals surface area contributed by atoms with Crippen molar-refractivity contribution in [1.82, 2.24) is 4.98 Å². The molecule has 1 saturated carbocycles. The fourth-order valence-electron chi connectivity index (χ4n) is 4.53. The molecular weight excluding hydrogens is 348 g/mol. The quantitative estimate of drug-likeness (QED) is 0.651. The number of nitrogens with one attached hydrogen (secondary N) is 1. The van der Waals surface area contributed by atoms with Gasteiger partial charge in [0.25, 0.3) is 0 Å². The molecule has 5 heteroatoms. The number of ketones is 1. The van der Waals surface area contributed by atoms with Gasteiger partial charge in [-0.2, -0.15) is 0 Å². The molecule has 2 heterocycles. The molecule has 1 N–H and O–H groups in total. The smallest absolute Gasteiger partial charge is 0.189 e. The minimum atomic E-state index is -0.496. The molecule has 2 aromatic carbocycles. The first kappa shape index (κ1) is 16.6. The Labute approximate surface area is 155 Å². The minimum Gasteiger partial charge on any atom is -0.369 e. The van der Waals surface area contributed by atoms with Crippen LogP contribution in [0.15, 0.2) is 30.3 Å². The Kier molecular flexibility index (Phi) is 3.86. The number of halogens is 2. The molecule has 0 atom stereocenters. The topological polar surface area (TPSA) is 42.1 Å². The van der Waals surface area contributed by atoms with E-state index in [2.05, 4.69) is 4.98 Å². The van der Waals surface area contributed by atoms with Gasteiger partial charge in [-0.3, -0.25) is 4.79 Å². The lowest BCUT2D eigenvalue weighted by Crippen LogP contribution is -2.06. The maximum Gasteiger partial charge on any atom is 0.189 e. The zero-order valence-electron chi connectivity index (χ0n) is 14.8. The molecule has 1 aromatic heterocycles. The van der Waals surface area contributed by atoms with Gasteiger partial charge in [0.1, 0.15) is 18.2 Å². The number of benzene rings is 2. The second kappa shape index (κ2) is 6.27. The van der Waals surface area contributed by atoms with E-state index in [9.17, 15) is 9.18 Å². The summed E-state index contributed by atoms with van der Waals surface area (Å²) in [4.78, 5) is 15.4. The number of aromatic amines is 1. The van der Waals surface area contributed by atoms with E-state index in [1.165, 1.54) is 25.0 Å². The van der Waals surface area contributed by atoms with Gasteiger partial charge in [-0.05, 0) is 48.6 Å². The van der Waals surface area contributed by atoms with Crippen LogP contribution in [0.3, 0.4) is 0 Å². The van der Waals surface area contributed by atoms with Crippen LogP contribution >= 0.6 is 0 Å². The van der Waals surface area contributed by atoms with Gasteiger partial charge < -0.3 is 9.72 Å². The van der Waals surface area contributed by atoms with E-state index >= 15 is 4.39 Å². The van der Waals surface area contributed by atoms with E-state index in [0.29, 0.717) is 39.2 Å². The van der Waals surface area contributed by atoms with Crippen molar-refractivity contribution in [3.05, 3.63) is 58.7 Å². The molecular formula is C22H19F2NO2. The number of rotatable bonds is 2. The van der Waals surface area contributed by atoms with Crippen molar-refractivity contribution >= 4 is 16.7 Å². The molecule has 0 unspecified atom stereocenters. The van der Waals surface area contributed by atoms with Gasteiger partial charge >= 0.3 is 0 Å². The summed E-state index contributed by atoms with van der Waals surface area (Å²) in [6, 6.07) is 7.97. The van der Waals surface area contributed by atoms with Crippen molar-refractivity contribution in [2.24, 2.45) is 0 Å². The maximum atomic E-state index is 15.0. The van der Waals surface area contributed by atoms with Gasteiger partial charge in [0.05, 0.1) is 12.3 Å². The molecule has 0 amide bonds. The number of carbonyl (C=O) groups excluding carboxylic acids is 1. The molecule has 1 aliphatic carbocycles. The van der Waals surface area contributed by atoms with Gasteiger partial charge in [0.2, 0.25) is 0 Å². The molecule has 0 radical (unpaired) electrons. The zero-order valence-corrected chi connectivity index (χ0v) is 14.8. The van der Waals surface area contributed by atoms with E-state index < -0.39 is 5.82 Å². The van der Waals surface area contributed by atoms with E-state index in [0.717, 1.165) is 18.4 Å². The Morgan fingerprint density at radius 1 is 1.00 bits per heavy atom. The third-order valence-electron chi connectivity index (χ3n) is 5.84. The second-order valence-corrected chi connectivity index (χ2v) is 7.49. The summed E-state index contributed by atoms with van der Waals surface area (Å²) in [5, 5.41) is 0.633. The molecule has 3 aromatic rings. The molecule has 2 aliphatic rings. The molecule has 1 aliphatic heterocycles. The number of ether oxygens (including phenoxy) is 1. The summed E-state index contributed by atoms with van der Waals surface area (Å²) < 4.78 is 34.5. The molecule has 3 nitrogen and oxygen atoms in total. The van der Waals surface area contributed by atoms with Gasteiger partial charge in [0, 0.05) is 27.6 Å². The summed E-state index contributed by atoms with van der Waals surface area (Å²) in [6.07, 6.45) is 4.60. The first-order valence-electron chi connectivity index (χ1n) is 9.36. The lowest BCUT2D eigenvalue weighted by molar-refractivity contribution is 0.0742. The molecule has 0 spiro atoms. The van der Waals surface area contributed by atoms with Crippen LogP contribution in [0.4, 0.5) is 8.78 Å². The lowest BCUT2D eigenvalue weighted by atomic mass is 9.94. The standard InChI is InChI=1S/C22H19F2NO2/c23-14-8-16-20(26)11-27-10-17-21(16)19(9-14)25-22(17)15-6-5-13(7-18(15)24)12-3-1-2-4-12/h5-9,12,25H,1-4,10-11H2. The number of Topliss-reactive ketones (excluding diaryl/α,β-unsaturated/α-hetero) is 1. The number of hydrogen-bond acceptors (Lipinski definition) is 2. The molecule has 1 fully saturated rings. The van der Waals surface area contributed by atoms with Crippen molar-refractivity contribution in [1.29, 1.82) is 0 Å². The van der Waals surface area contributed by atoms with E-state index in [1.54, 1.807) is 12.1 Å². The van der Waals surface area contributed by atoms with Crippen LogP contribution in [0.25, 0.3) is 22.2 Å². The van der Waals surface area contributed by atoms with Crippen molar-refractivity contribution in [3.63, 3.8) is 0 Å². The van der Waals surface area contributed by atoms with Crippen LogP contribution in [0.5, 0.6) is 0 Å². The molecule has 0 bridgehead atoms. The van der Waals surface area contributed by atoms with Gasteiger partial charge in [-0.15, -0.1) is 0 Å². The highest BCUT2D eigenvalue weighted by atomic mass is 19.1. The number of H-pyrrole nitrogens is 1. The average Bonchev–Trinajstić information content (AvgIpc) is 3.25. The highest BCUT2D eigenvalue weighted by Gasteiger charge is 2.26. The lowest BCUT2D eigenvalue weighted by Gasteiger charge is -2.12. The molecule has 138 valence electrons. The average molecular weight is 367 g/mol. The molecule has 0 saturated heterocycles. The zero-order chi connectivity index (χ0) is 18.5. The number of hydrogen-bond donors (Lipinski definition) is 1.